The Morgan fingerprint density at radius 3 is 2.89 bits per heavy atom. The number of hydrogen-bond acceptors (Lipinski definition) is 5. The van der Waals surface area contributed by atoms with E-state index in [0.717, 1.165) is 36.1 Å². The van der Waals surface area contributed by atoms with Crippen molar-refractivity contribution in [2.45, 2.75) is 24.9 Å². The molecular formula is C18H19F3N4OS. The molecule has 0 aliphatic carbocycles. The third-order valence-corrected chi connectivity index (χ3v) is 5.33. The first-order valence-corrected chi connectivity index (χ1v) is 9.39. The van der Waals surface area contributed by atoms with Gasteiger partial charge in [0, 0.05) is 37.1 Å². The maximum absolute atomic E-state index is 12.8. The first-order valence-electron chi connectivity index (χ1n) is 8.51. The molecule has 1 saturated heterocycles. The van der Waals surface area contributed by atoms with Crippen LogP contribution < -0.4 is 10.2 Å². The molecule has 1 N–H and O–H groups in total. The summed E-state index contributed by atoms with van der Waals surface area (Å²) >= 11 is 1.05. The quantitative estimate of drug-likeness (QED) is 0.780. The van der Waals surface area contributed by atoms with E-state index in [0.29, 0.717) is 29.5 Å². The number of amides is 1. The van der Waals surface area contributed by atoms with E-state index >= 15 is 0 Å². The summed E-state index contributed by atoms with van der Waals surface area (Å²) in [5, 5.41) is 4.26. The fraction of sp³-hybridized carbons (Fsp3) is 0.389. The number of carbonyl (C=O) groups is 1. The normalized spacial score (nSPS) is 17.6. The van der Waals surface area contributed by atoms with Crippen LogP contribution in [-0.4, -0.2) is 35.5 Å². The number of piperidine rings is 1. The Morgan fingerprint density at radius 2 is 2.26 bits per heavy atom. The maximum atomic E-state index is 12.8. The molecule has 3 heterocycles. The van der Waals surface area contributed by atoms with E-state index in [-0.39, 0.29) is 11.8 Å². The predicted molar refractivity (Wildman–Crippen MR) is 98.1 cm³/mol. The smallest absolute Gasteiger partial charge is 0.356 e. The number of hydrogen-bond donors (Lipinski definition) is 1. The minimum Gasteiger partial charge on any atom is -0.356 e. The molecule has 3 rings (SSSR count). The second-order valence-corrected chi connectivity index (χ2v) is 7.15. The van der Waals surface area contributed by atoms with E-state index < -0.39 is 11.9 Å². The van der Waals surface area contributed by atoms with Crippen molar-refractivity contribution in [1.29, 1.82) is 0 Å². The molecule has 9 heteroatoms. The Balaban J connectivity index is 1.68. The number of carbonyl (C=O) groups excluding carboxylic acids is 1. The van der Waals surface area contributed by atoms with Crippen molar-refractivity contribution in [2.75, 3.05) is 24.5 Å². The minimum atomic E-state index is -4.41. The molecule has 1 fully saturated rings. The van der Waals surface area contributed by atoms with Crippen molar-refractivity contribution < 1.29 is 18.0 Å². The molecule has 1 aliphatic rings. The van der Waals surface area contributed by atoms with Crippen molar-refractivity contribution >= 4 is 23.1 Å². The second kappa shape index (κ2) is 8.08. The Labute approximate surface area is 158 Å². The van der Waals surface area contributed by atoms with Gasteiger partial charge in [-0.2, -0.15) is 13.2 Å². The molecule has 1 unspecified atom stereocenters. The molecule has 2 aromatic heterocycles. The Kier molecular flexibility index (Phi) is 5.79. The lowest BCUT2D eigenvalue weighted by Gasteiger charge is -2.32. The van der Waals surface area contributed by atoms with Crippen molar-refractivity contribution in [1.82, 2.24) is 15.3 Å². The summed E-state index contributed by atoms with van der Waals surface area (Å²) in [4.78, 5) is 22.1. The zero-order valence-electron chi connectivity index (χ0n) is 14.5. The van der Waals surface area contributed by atoms with Gasteiger partial charge in [0.2, 0.25) is 0 Å². The van der Waals surface area contributed by atoms with Crippen LogP contribution in [0.1, 0.15) is 39.8 Å². The van der Waals surface area contributed by atoms with Gasteiger partial charge in [-0.1, -0.05) is 6.08 Å². The summed E-state index contributed by atoms with van der Waals surface area (Å²) < 4.78 is 38.3. The highest BCUT2D eigenvalue weighted by Gasteiger charge is 2.35. The zero-order valence-corrected chi connectivity index (χ0v) is 15.3. The average molecular weight is 396 g/mol. The topological polar surface area (TPSA) is 58.1 Å². The summed E-state index contributed by atoms with van der Waals surface area (Å²) in [6, 6.07) is 3.45. The van der Waals surface area contributed by atoms with Crippen molar-refractivity contribution in [2.24, 2.45) is 0 Å². The molecule has 1 amide bonds. The van der Waals surface area contributed by atoms with Gasteiger partial charge in [0.05, 0.1) is 10.6 Å². The highest BCUT2D eigenvalue weighted by atomic mass is 32.1. The Bertz CT molecular complexity index is 804. The molecule has 5 nitrogen and oxygen atoms in total. The largest absolute Gasteiger partial charge is 0.434 e. The molecule has 1 atom stereocenters. The molecule has 2 aromatic rings. The number of aromatic nitrogens is 2. The van der Waals surface area contributed by atoms with E-state index in [1.54, 1.807) is 18.2 Å². The van der Waals surface area contributed by atoms with Gasteiger partial charge in [0.25, 0.3) is 5.91 Å². The molecule has 0 aromatic carbocycles. The van der Waals surface area contributed by atoms with Crippen LogP contribution in [0.25, 0.3) is 0 Å². The number of nitrogens with one attached hydrogen (secondary N) is 1. The first kappa shape index (κ1) is 19.3. The third-order valence-electron chi connectivity index (χ3n) is 4.32. The van der Waals surface area contributed by atoms with E-state index in [2.05, 4.69) is 21.9 Å². The van der Waals surface area contributed by atoms with Gasteiger partial charge >= 0.3 is 6.18 Å². The molecule has 1 aliphatic heterocycles. The molecular weight excluding hydrogens is 377 g/mol. The van der Waals surface area contributed by atoms with Crippen LogP contribution >= 0.6 is 11.3 Å². The summed E-state index contributed by atoms with van der Waals surface area (Å²) in [6.07, 6.45) is 0.323. The van der Waals surface area contributed by atoms with Crippen molar-refractivity contribution in [3.8, 4) is 0 Å². The number of pyridine rings is 1. The summed E-state index contributed by atoms with van der Waals surface area (Å²) in [5.74, 6) is 0.415. The average Bonchev–Trinajstić information content (AvgIpc) is 3.17. The van der Waals surface area contributed by atoms with Crippen LogP contribution in [-0.2, 0) is 6.18 Å². The first-order chi connectivity index (χ1) is 12.9. The lowest BCUT2D eigenvalue weighted by molar-refractivity contribution is -0.140. The molecule has 144 valence electrons. The zero-order chi connectivity index (χ0) is 19.4. The summed E-state index contributed by atoms with van der Waals surface area (Å²) in [6.45, 7) is 5.24. The molecule has 0 saturated carbocycles. The van der Waals surface area contributed by atoms with Gasteiger partial charge in [0.15, 0.2) is 5.69 Å². The van der Waals surface area contributed by atoms with Gasteiger partial charge in [-0.15, -0.1) is 17.9 Å². The number of halogens is 3. The summed E-state index contributed by atoms with van der Waals surface area (Å²) in [7, 11) is 0. The minimum absolute atomic E-state index is 0.0581. The lowest BCUT2D eigenvalue weighted by atomic mass is 9.98. The number of rotatable bonds is 5. The van der Waals surface area contributed by atoms with Crippen LogP contribution in [0.3, 0.4) is 0 Å². The Hall–Kier alpha value is -2.42. The Morgan fingerprint density at radius 1 is 1.44 bits per heavy atom. The van der Waals surface area contributed by atoms with Crippen LogP contribution in [0.5, 0.6) is 0 Å². The SMILES string of the molecule is C=CCNC(=O)c1ccc(N2CCCC(c3nc(C(F)(F)F)cs3)C2)nc1. The van der Waals surface area contributed by atoms with Crippen LogP contribution in [0.2, 0.25) is 0 Å². The van der Waals surface area contributed by atoms with E-state index in [1.165, 1.54) is 6.20 Å². The van der Waals surface area contributed by atoms with Gasteiger partial charge in [-0.25, -0.2) is 9.97 Å². The van der Waals surface area contributed by atoms with Crippen LogP contribution in [0.4, 0.5) is 19.0 Å². The maximum Gasteiger partial charge on any atom is 0.434 e. The molecule has 27 heavy (non-hydrogen) atoms. The standard InChI is InChI=1S/C18H19F3N4OS/c1-2-7-22-16(26)12-5-6-15(23-9-12)25-8-3-4-13(10-25)17-24-14(11-27-17)18(19,20)21/h2,5-6,9,11,13H,1,3-4,7-8,10H2,(H,22,26). The number of thiazole rings is 1. The molecule has 0 spiro atoms. The number of alkyl halides is 3. The van der Waals surface area contributed by atoms with Gasteiger partial charge < -0.3 is 10.2 Å². The highest BCUT2D eigenvalue weighted by Crippen LogP contribution is 2.35. The number of anilines is 1. The van der Waals surface area contributed by atoms with Gasteiger partial charge in [-0.3, -0.25) is 4.79 Å². The molecule has 0 radical (unpaired) electrons. The van der Waals surface area contributed by atoms with E-state index in [1.807, 2.05) is 4.90 Å². The van der Waals surface area contributed by atoms with E-state index in [9.17, 15) is 18.0 Å². The number of nitrogens with zero attached hydrogens (tertiary/aromatic N) is 3. The second-order valence-electron chi connectivity index (χ2n) is 6.26. The van der Waals surface area contributed by atoms with E-state index in [4.69, 9.17) is 0 Å². The monoisotopic (exact) mass is 396 g/mol. The molecule has 0 bridgehead atoms. The van der Waals surface area contributed by atoms with Crippen molar-refractivity contribution in [3.05, 3.63) is 52.6 Å². The van der Waals surface area contributed by atoms with Crippen molar-refractivity contribution in [3.63, 3.8) is 0 Å². The van der Waals surface area contributed by atoms with Gasteiger partial charge in [-0.05, 0) is 25.0 Å². The lowest BCUT2D eigenvalue weighted by Crippen LogP contribution is -2.35. The highest BCUT2D eigenvalue weighted by molar-refractivity contribution is 7.09. The van der Waals surface area contributed by atoms with Crippen LogP contribution in [0.15, 0.2) is 36.4 Å². The fourth-order valence-corrected chi connectivity index (χ4v) is 3.92. The fourth-order valence-electron chi connectivity index (χ4n) is 2.97. The van der Waals surface area contributed by atoms with Crippen LogP contribution in [0, 0.1) is 0 Å². The predicted octanol–water partition coefficient (Wildman–Crippen LogP) is 3.86. The third kappa shape index (κ3) is 4.65. The summed E-state index contributed by atoms with van der Waals surface area (Å²) in [5.41, 5.74) is -0.378. The van der Waals surface area contributed by atoms with Gasteiger partial charge in [0.1, 0.15) is 5.82 Å².